The van der Waals surface area contributed by atoms with Gasteiger partial charge >= 0.3 is 0 Å². The molecule has 9 heteroatoms. The van der Waals surface area contributed by atoms with Gasteiger partial charge in [-0.2, -0.15) is 0 Å². The Morgan fingerprint density at radius 3 is 2.52 bits per heavy atom. The fourth-order valence-corrected chi connectivity index (χ4v) is 2.04. The normalized spacial score (nSPS) is 33.1. The van der Waals surface area contributed by atoms with Crippen molar-refractivity contribution in [2.24, 2.45) is 5.11 Å². The second kappa shape index (κ2) is 7.06. The van der Waals surface area contributed by atoms with Crippen LogP contribution in [0.2, 0.25) is 0 Å². The van der Waals surface area contributed by atoms with Gasteiger partial charge in [0.25, 0.3) is 0 Å². The monoisotopic (exact) mass is 302 g/mol. The number of ether oxygens (including phenoxy) is 2. The Morgan fingerprint density at radius 2 is 2.05 bits per heavy atom. The van der Waals surface area contributed by atoms with Crippen LogP contribution >= 0.6 is 0 Å². The molecule has 1 saturated heterocycles. The lowest BCUT2D eigenvalue weighted by atomic mass is 9.96. The van der Waals surface area contributed by atoms with E-state index in [2.05, 4.69) is 15.3 Å². The van der Waals surface area contributed by atoms with E-state index in [1.807, 2.05) is 0 Å². The first-order valence-electron chi connectivity index (χ1n) is 6.63. The van der Waals surface area contributed by atoms with Crippen molar-refractivity contribution in [1.29, 1.82) is 0 Å². The van der Waals surface area contributed by atoms with Gasteiger partial charge in [-0.15, -0.1) is 0 Å². The molecule has 1 fully saturated rings. The Kier molecular flexibility index (Phi) is 5.94. The van der Waals surface area contributed by atoms with Gasteiger partial charge in [0.2, 0.25) is 5.91 Å². The molecule has 1 rings (SSSR count). The Labute approximate surface area is 122 Å². The summed E-state index contributed by atoms with van der Waals surface area (Å²) < 4.78 is 11.2. The highest BCUT2D eigenvalue weighted by Crippen LogP contribution is 2.26. The van der Waals surface area contributed by atoms with Crippen molar-refractivity contribution in [2.75, 3.05) is 6.54 Å². The number of aliphatic hydroxyl groups excluding tert-OH is 2. The summed E-state index contributed by atoms with van der Waals surface area (Å²) in [5.41, 5.74) is 7.75. The van der Waals surface area contributed by atoms with Crippen molar-refractivity contribution >= 4 is 5.91 Å². The zero-order valence-electron chi connectivity index (χ0n) is 12.6. The molecule has 1 heterocycles. The molecule has 1 aliphatic rings. The number of aliphatic hydroxyl groups is 2. The highest BCUT2D eigenvalue weighted by molar-refractivity contribution is 5.73. The van der Waals surface area contributed by atoms with Crippen LogP contribution < -0.4 is 5.32 Å². The summed E-state index contributed by atoms with van der Waals surface area (Å²) >= 11 is 0. The fraction of sp³-hybridized carbons (Fsp3) is 0.917. The number of amides is 1. The zero-order valence-corrected chi connectivity index (χ0v) is 12.6. The summed E-state index contributed by atoms with van der Waals surface area (Å²) in [6.45, 7) is 6.52. The van der Waals surface area contributed by atoms with Crippen LogP contribution in [0.15, 0.2) is 5.11 Å². The maximum atomic E-state index is 11.2. The van der Waals surface area contributed by atoms with Gasteiger partial charge < -0.3 is 25.0 Å². The van der Waals surface area contributed by atoms with Crippen molar-refractivity contribution in [3.63, 3.8) is 0 Å². The van der Waals surface area contributed by atoms with E-state index >= 15 is 0 Å². The first-order valence-corrected chi connectivity index (χ1v) is 6.63. The maximum absolute atomic E-state index is 11.2. The summed E-state index contributed by atoms with van der Waals surface area (Å²) in [5.74, 6) is -0.383. The quantitative estimate of drug-likeness (QED) is 0.383. The van der Waals surface area contributed by atoms with E-state index in [4.69, 9.17) is 15.0 Å². The smallest absolute Gasteiger partial charge is 0.217 e. The minimum Gasteiger partial charge on any atom is -0.388 e. The van der Waals surface area contributed by atoms with Crippen LogP contribution in [0, 0.1) is 0 Å². The maximum Gasteiger partial charge on any atom is 0.217 e. The molecule has 0 bridgehead atoms. The minimum atomic E-state index is -1.30. The van der Waals surface area contributed by atoms with Crippen LogP contribution in [0.25, 0.3) is 10.4 Å². The molecule has 1 aliphatic heterocycles. The number of carbonyl (C=O) groups is 1. The predicted octanol–water partition coefficient (Wildman–Crippen LogP) is 0.0632. The zero-order chi connectivity index (χ0) is 16.2. The molecule has 0 aromatic carbocycles. The summed E-state index contributed by atoms with van der Waals surface area (Å²) in [7, 11) is 0. The molecule has 0 aromatic heterocycles. The van der Waals surface area contributed by atoms with Crippen LogP contribution in [0.4, 0.5) is 0 Å². The van der Waals surface area contributed by atoms with Crippen molar-refractivity contribution in [2.45, 2.75) is 63.9 Å². The number of nitrogens with zero attached hydrogens (tertiary/aromatic N) is 3. The molecule has 0 radical (unpaired) electrons. The summed E-state index contributed by atoms with van der Waals surface area (Å²) in [4.78, 5) is 13.8. The van der Waals surface area contributed by atoms with E-state index < -0.39 is 36.2 Å². The number of nitrogens with one attached hydrogen (secondary N) is 1. The number of rotatable bonds is 4. The van der Waals surface area contributed by atoms with Crippen LogP contribution in [0.5, 0.6) is 0 Å². The van der Waals surface area contributed by atoms with Crippen LogP contribution in [-0.2, 0) is 14.3 Å². The third-order valence-electron chi connectivity index (χ3n) is 2.87. The molecule has 0 saturated carbocycles. The molecular weight excluding hydrogens is 280 g/mol. The van der Waals surface area contributed by atoms with E-state index in [0.29, 0.717) is 0 Å². The predicted molar refractivity (Wildman–Crippen MR) is 73.1 cm³/mol. The number of azide groups is 1. The van der Waals surface area contributed by atoms with Gasteiger partial charge in [0.15, 0.2) is 6.29 Å². The van der Waals surface area contributed by atoms with Crippen molar-refractivity contribution in [3.8, 4) is 0 Å². The number of hydrogen-bond acceptors (Lipinski definition) is 6. The van der Waals surface area contributed by atoms with Gasteiger partial charge in [-0.1, -0.05) is 5.11 Å². The topological polar surface area (TPSA) is 137 Å². The van der Waals surface area contributed by atoms with E-state index in [9.17, 15) is 15.0 Å². The highest BCUT2D eigenvalue weighted by Gasteiger charge is 2.46. The summed E-state index contributed by atoms with van der Waals surface area (Å²) in [6.07, 6.45) is -4.47. The van der Waals surface area contributed by atoms with E-state index in [0.717, 1.165) is 0 Å². The molecule has 0 spiro atoms. The molecule has 0 aromatic rings. The third-order valence-corrected chi connectivity index (χ3v) is 2.87. The highest BCUT2D eigenvalue weighted by atomic mass is 16.7. The molecule has 0 aliphatic carbocycles. The van der Waals surface area contributed by atoms with Gasteiger partial charge in [-0.25, -0.2) is 0 Å². The molecule has 21 heavy (non-hydrogen) atoms. The largest absolute Gasteiger partial charge is 0.388 e. The molecular formula is C12H22N4O5. The van der Waals surface area contributed by atoms with Gasteiger partial charge in [0.05, 0.1) is 18.2 Å². The van der Waals surface area contributed by atoms with Crippen molar-refractivity contribution < 1.29 is 24.5 Å². The molecule has 9 nitrogen and oxygen atoms in total. The Bertz CT molecular complexity index is 418. The first-order chi connectivity index (χ1) is 9.65. The van der Waals surface area contributed by atoms with E-state index in [1.54, 1.807) is 20.8 Å². The number of carbonyl (C=O) groups excluding carboxylic acids is 1. The molecule has 1 amide bonds. The Morgan fingerprint density at radius 1 is 1.43 bits per heavy atom. The van der Waals surface area contributed by atoms with E-state index in [-0.39, 0.29) is 12.5 Å². The van der Waals surface area contributed by atoms with Gasteiger partial charge in [-0.05, 0) is 26.3 Å². The summed E-state index contributed by atoms with van der Waals surface area (Å²) in [6, 6.07) is -0.918. The second-order valence-corrected chi connectivity index (χ2v) is 5.89. The average molecular weight is 302 g/mol. The van der Waals surface area contributed by atoms with Crippen LogP contribution in [-0.4, -0.2) is 58.9 Å². The SMILES string of the molecule is CC(=O)NC1[C@H](OC(C)(C)C)OC(CN=[N+]=[N-])[C@H](O)[C@@H]1O. The Hall–Kier alpha value is -1.38. The van der Waals surface area contributed by atoms with E-state index in [1.165, 1.54) is 6.92 Å². The lowest BCUT2D eigenvalue weighted by Crippen LogP contribution is -2.65. The standard InChI is InChI=1S/C12H22N4O5/c1-6(17)15-8-10(19)9(18)7(5-14-16-13)20-11(8)21-12(2,3)4/h7-11,18-19H,5H2,1-4H3,(H,15,17)/t7?,8?,9-,10+,11-/m0/s1. The Balaban J connectivity index is 2.94. The number of hydrogen-bond donors (Lipinski definition) is 3. The first kappa shape index (κ1) is 17.7. The molecule has 2 unspecified atom stereocenters. The van der Waals surface area contributed by atoms with Crippen LogP contribution in [0.3, 0.4) is 0 Å². The van der Waals surface area contributed by atoms with Gasteiger partial charge in [-0.3, -0.25) is 4.79 Å². The lowest BCUT2D eigenvalue weighted by molar-refractivity contribution is -0.286. The van der Waals surface area contributed by atoms with Crippen LogP contribution in [0.1, 0.15) is 27.7 Å². The lowest BCUT2D eigenvalue weighted by Gasteiger charge is -2.44. The van der Waals surface area contributed by atoms with Gasteiger partial charge in [0, 0.05) is 11.8 Å². The molecule has 3 N–H and O–H groups in total. The van der Waals surface area contributed by atoms with Gasteiger partial charge in [0.1, 0.15) is 18.2 Å². The van der Waals surface area contributed by atoms with Crippen molar-refractivity contribution in [1.82, 2.24) is 5.32 Å². The minimum absolute atomic E-state index is 0.147. The molecule has 5 atom stereocenters. The summed E-state index contributed by atoms with van der Waals surface area (Å²) in [5, 5.41) is 26.0. The average Bonchev–Trinajstić information content (AvgIpc) is 2.34. The third kappa shape index (κ3) is 5.14. The fourth-order valence-electron chi connectivity index (χ4n) is 2.04. The second-order valence-electron chi connectivity index (χ2n) is 5.89. The van der Waals surface area contributed by atoms with Crippen molar-refractivity contribution in [3.05, 3.63) is 10.4 Å². The molecule has 120 valence electrons.